The van der Waals surface area contributed by atoms with E-state index in [9.17, 15) is 4.79 Å². The van der Waals surface area contributed by atoms with Gasteiger partial charge in [0.05, 0.1) is 12.2 Å². The Morgan fingerprint density at radius 1 is 1.46 bits per heavy atom. The molecule has 1 amide bonds. The van der Waals surface area contributed by atoms with Crippen LogP contribution in [-0.4, -0.2) is 25.8 Å². The predicted molar refractivity (Wildman–Crippen MR) is 88.3 cm³/mol. The molecular formula is C17H25N5O2. The average Bonchev–Trinajstić information content (AvgIpc) is 3.16. The molecule has 7 nitrogen and oxygen atoms in total. The van der Waals surface area contributed by atoms with E-state index in [4.69, 9.17) is 4.52 Å². The third kappa shape index (κ3) is 3.83. The van der Waals surface area contributed by atoms with Crippen molar-refractivity contribution in [3.63, 3.8) is 0 Å². The van der Waals surface area contributed by atoms with Gasteiger partial charge < -0.3 is 9.84 Å². The summed E-state index contributed by atoms with van der Waals surface area (Å²) in [5.41, 5.74) is 2.40. The van der Waals surface area contributed by atoms with E-state index in [1.807, 2.05) is 17.9 Å². The van der Waals surface area contributed by atoms with E-state index in [2.05, 4.69) is 27.5 Å². The van der Waals surface area contributed by atoms with Crippen molar-refractivity contribution in [2.45, 2.75) is 64.3 Å². The first-order valence-corrected chi connectivity index (χ1v) is 8.79. The molecule has 1 aliphatic rings. The zero-order valence-electron chi connectivity index (χ0n) is 14.4. The second-order valence-corrected chi connectivity index (χ2v) is 6.39. The largest absolute Gasteiger partial charge is 0.349 e. The monoisotopic (exact) mass is 331 g/mol. The van der Waals surface area contributed by atoms with Gasteiger partial charge in [0.2, 0.25) is 11.8 Å². The van der Waals surface area contributed by atoms with Gasteiger partial charge in [-0.15, -0.1) is 0 Å². The van der Waals surface area contributed by atoms with Crippen LogP contribution in [0.25, 0.3) is 0 Å². The van der Waals surface area contributed by atoms with Gasteiger partial charge in [0.1, 0.15) is 0 Å². The van der Waals surface area contributed by atoms with Crippen molar-refractivity contribution >= 4 is 5.91 Å². The quantitative estimate of drug-likeness (QED) is 0.841. The first kappa shape index (κ1) is 16.7. The number of carbonyl (C=O) groups excluding carboxylic acids is 1. The topological polar surface area (TPSA) is 85.8 Å². The van der Waals surface area contributed by atoms with Gasteiger partial charge in [0.25, 0.3) is 0 Å². The van der Waals surface area contributed by atoms with Gasteiger partial charge in [-0.2, -0.15) is 10.1 Å². The maximum Gasteiger partial charge on any atom is 0.226 e. The third-order valence-corrected chi connectivity index (χ3v) is 4.49. The molecule has 24 heavy (non-hydrogen) atoms. The molecule has 2 heterocycles. The minimum absolute atomic E-state index is 0.0741. The van der Waals surface area contributed by atoms with Crippen molar-refractivity contribution in [1.82, 2.24) is 25.2 Å². The molecule has 3 rings (SSSR count). The van der Waals surface area contributed by atoms with Crippen LogP contribution in [0.4, 0.5) is 0 Å². The molecule has 2 aromatic rings. The van der Waals surface area contributed by atoms with Gasteiger partial charge in [-0.05, 0) is 32.1 Å². The SMILES string of the molecule is CCCc1noc(CCCC(=O)N[C@H]2CCCc3c2cnn3C)n1. The van der Waals surface area contributed by atoms with Crippen LogP contribution in [0.2, 0.25) is 0 Å². The van der Waals surface area contributed by atoms with E-state index in [1.54, 1.807) is 0 Å². The maximum atomic E-state index is 12.2. The lowest BCUT2D eigenvalue weighted by Crippen LogP contribution is -2.30. The highest BCUT2D eigenvalue weighted by molar-refractivity contribution is 5.76. The van der Waals surface area contributed by atoms with Crippen molar-refractivity contribution in [3.05, 3.63) is 29.2 Å². The van der Waals surface area contributed by atoms with Crippen LogP contribution in [0.15, 0.2) is 10.7 Å². The lowest BCUT2D eigenvalue weighted by Gasteiger charge is -2.23. The number of aromatic nitrogens is 4. The highest BCUT2D eigenvalue weighted by atomic mass is 16.5. The number of aryl methyl sites for hydroxylation is 3. The number of hydrogen-bond acceptors (Lipinski definition) is 5. The Bertz CT molecular complexity index is 691. The number of carbonyl (C=O) groups is 1. The zero-order chi connectivity index (χ0) is 16.9. The van der Waals surface area contributed by atoms with Gasteiger partial charge in [0, 0.05) is 37.6 Å². The van der Waals surface area contributed by atoms with Gasteiger partial charge in [-0.3, -0.25) is 9.48 Å². The summed E-state index contributed by atoms with van der Waals surface area (Å²) in [6, 6.07) is 0.0921. The number of fused-ring (bicyclic) bond motifs is 1. The lowest BCUT2D eigenvalue weighted by atomic mass is 9.93. The average molecular weight is 331 g/mol. The van der Waals surface area contributed by atoms with E-state index in [0.717, 1.165) is 37.9 Å². The Hall–Kier alpha value is -2.18. The normalized spacial score (nSPS) is 16.8. The van der Waals surface area contributed by atoms with Crippen LogP contribution in [0.1, 0.15) is 68.0 Å². The maximum absolute atomic E-state index is 12.2. The van der Waals surface area contributed by atoms with E-state index < -0.39 is 0 Å². The van der Waals surface area contributed by atoms with E-state index in [0.29, 0.717) is 25.2 Å². The number of rotatable bonds is 7. The molecular weight excluding hydrogens is 306 g/mol. The fraction of sp³-hybridized carbons (Fsp3) is 0.647. The highest BCUT2D eigenvalue weighted by Gasteiger charge is 2.24. The molecule has 0 spiro atoms. The molecule has 1 N–H and O–H groups in total. The van der Waals surface area contributed by atoms with Crippen LogP contribution in [0.3, 0.4) is 0 Å². The number of hydrogen-bond donors (Lipinski definition) is 1. The number of amides is 1. The molecule has 0 aliphatic heterocycles. The number of nitrogens with zero attached hydrogens (tertiary/aromatic N) is 4. The Balaban J connectivity index is 1.46. The molecule has 0 unspecified atom stereocenters. The molecule has 0 fully saturated rings. The van der Waals surface area contributed by atoms with Gasteiger partial charge in [0.15, 0.2) is 5.82 Å². The summed E-state index contributed by atoms with van der Waals surface area (Å²) in [6.07, 6.45) is 8.64. The second-order valence-electron chi connectivity index (χ2n) is 6.39. The van der Waals surface area contributed by atoms with Crippen LogP contribution >= 0.6 is 0 Å². The minimum Gasteiger partial charge on any atom is -0.349 e. The van der Waals surface area contributed by atoms with Crippen molar-refractivity contribution in [1.29, 1.82) is 0 Å². The lowest BCUT2D eigenvalue weighted by molar-refractivity contribution is -0.122. The highest BCUT2D eigenvalue weighted by Crippen LogP contribution is 2.29. The molecule has 0 radical (unpaired) electrons. The second kappa shape index (κ2) is 7.59. The molecule has 1 atom stereocenters. The van der Waals surface area contributed by atoms with Crippen molar-refractivity contribution < 1.29 is 9.32 Å². The van der Waals surface area contributed by atoms with Crippen LogP contribution < -0.4 is 5.32 Å². The van der Waals surface area contributed by atoms with E-state index in [-0.39, 0.29) is 11.9 Å². The molecule has 7 heteroatoms. The standard InChI is InChI=1S/C17H25N5O2/c1-3-6-15-20-17(24-21-15)10-5-9-16(23)19-13-7-4-8-14-12(13)11-18-22(14)2/h11,13H,3-10H2,1-2H3,(H,19,23)/t13-/m0/s1. The summed E-state index contributed by atoms with van der Waals surface area (Å²) in [7, 11) is 1.96. The Morgan fingerprint density at radius 2 is 2.33 bits per heavy atom. The summed E-state index contributed by atoms with van der Waals surface area (Å²) >= 11 is 0. The summed E-state index contributed by atoms with van der Waals surface area (Å²) < 4.78 is 7.11. The van der Waals surface area contributed by atoms with Gasteiger partial charge >= 0.3 is 0 Å². The van der Waals surface area contributed by atoms with Crippen LogP contribution in [0, 0.1) is 0 Å². The van der Waals surface area contributed by atoms with Crippen LogP contribution in [0.5, 0.6) is 0 Å². The molecule has 0 saturated heterocycles. The Kier molecular flexibility index (Phi) is 5.27. The molecule has 0 bridgehead atoms. The predicted octanol–water partition coefficient (Wildman–Crippen LogP) is 2.27. The summed E-state index contributed by atoms with van der Waals surface area (Å²) in [6.45, 7) is 2.08. The van der Waals surface area contributed by atoms with E-state index >= 15 is 0 Å². The van der Waals surface area contributed by atoms with Gasteiger partial charge in [-0.1, -0.05) is 12.1 Å². The van der Waals surface area contributed by atoms with Crippen molar-refractivity contribution in [2.75, 3.05) is 0 Å². The minimum atomic E-state index is 0.0741. The fourth-order valence-electron chi connectivity index (χ4n) is 3.24. The van der Waals surface area contributed by atoms with Crippen LogP contribution in [-0.2, 0) is 31.1 Å². The molecule has 1 aliphatic carbocycles. The first-order chi connectivity index (χ1) is 11.7. The number of nitrogens with one attached hydrogen (secondary N) is 1. The smallest absolute Gasteiger partial charge is 0.226 e. The Morgan fingerprint density at radius 3 is 3.17 bits per heavy atom. The Labute approximate surface area is 141 Å². The van der Waals surface area contributed by atoms with E-state index in [1.165, 1.54) is 11.3 Å². The summed E-state index contributed by atoms with van der Waals surface area (Å²) in [4.78, 5) is 16.5. The first-order valence-electron chi connectivity index (χ1n) is 8.79. The molecule has 130 valence electrons. The fourth-order valence-corrected chi connectivity index (χ4v) is 3.24. The molecule has 0 aromatic carbocycles. The third-order valence-electron chi connectivity index (χ3n) is 4.49. The zero-order valence-corrected chi connectivity index (χ0v) is 14.4. The van der Waals surface area contributed by atoms with Crippen molar-refractivity contribution in [3.8, 4) is 0 Å². The van der Waals surface area contributed by atoms with Gasteiger partial charge in [-0.25, -0.2) is 0 Å². The molecule has 2 aromatic heterocycles. The molecule has 0 saturated carbocycles. The summed E-state index contributed by atoms with van der Waals surface area (Å²) in [5.74, 6) is 1.45. The summed E-state index contributed by atoms with van der Waals surface area (Å²) in [5, 5.41) is 11.4. The van der Waals surface area contributed by atoms with Crippen molar-refractivity contribution in [2.24, 2.45) is 7.05 Å².